The fourth-order valence-electron chi connectivity index (χ4n) is 4.22. The van der Waals surface area contributed by atoms with Crippen molar-refractivity contribution in [1.82, 2.24) is 24.9 Å². The number of aromatic nitrogens is 3. The Morgan fingerprint density at radius 2 is 1.78 bits per heavy atom. The van der Waals surface area contributed by atoms with Gasteiger partial charge in [-0.15, -0.1) is 11.3 Å². The Morgan fingerprint density at radius 3 is 2.51 bits per heavy atom. The maximum atomic E-state index is 12.8. The van der Waals surface area contributed by atoms with E-state index in [-0.39, 0.29) is 12.5 Å². The van der Waals surface area contributed by atoms with Gasteiger partial charge < -0.3 is 14.4 Å². The predicted molar refractivity (Wildman–Crippen MR) is 132 cm³/mol. The number of aryl methyl sites for hydroxylation is 1. The highest BCUT2D eigenvalue weighted by molar-refractivity contribution is 7.18. The van der Waals surface area contributed by atoms with Crippen molar-refractivity contribution in [3.8, 4) is 17.2 Å². The third-order valence-corrected chi connectivity index (χ3v) is 7.09. The van der Waals surface area contributed by atoms with Crippen molar-refractivity contribution >= 4 is 21.6 Å². The van der Waals surface area contributed by atoms with Crippen LogP contribution in [0.1, 0.15) is 16.4 Å². The summed E-state index contributed by atoms with van der Waals surface area (Å²) in [5.41, 5.74) is 0.617. The molecule has 12 heteroatoms. The van der Waals surface area contributed by atoms with Gasteiger partial charge in [-0.05, 0) is 43.3 Å². The minimum absolute atomic E-state index is 0.189. The van der Waals surface area contributed by atoms with Crippen molar-refractivity contribution in [3.05, 3.63) is 58.9 Å². The standard InChI is InChI=1S/C25H26F3N5O3S/c1-16-29-21-12-20(6-7-22(21)37-16)35-15-19(34)13-32-8-10-33(11-9-32)14-23-30-24(36-31-23)17-2-4-18(5-3-17)25(26,27)28/h2-7,12,19,34H,8-11,13-15H2,1H3. The second kappa shape index (κ2) is 10.7. The first-order chi connectivity index (χ1) is 17.7. The summed E-state index contributed by atoms with van der Waals surface area (Å²) >= 11 is 1.64. The lowest BCUT2D eigenvalue weighted by Crippen LogP contribution is -2.48. The van der Waals surface area contributed by atoms with Crippen LogP contribution in [0, 0.1) is 6.92 Å². The van der Waals surface area contributed by atoms with Crippen molar-refractivity contribution in [2.45, 2.75) is 25.7 Å². The Labute approximate surface area is 215 Å². The summed E-state index contributed by atoms with van der Waals surface area (Å²) in [6.45, 7) is 6.21. The molecule has 1 N–H and O–H groups in total. The molecule has 0 spiro atoms. The van der Waals surface area contributed by atoms with Crippen molar-refractivity contribution in [2.75, 3.05) is 39.3 Å². The van der Waals surface area contributed by atoms with Crippen LogP contribution in [-0.4, -0.2) is 75.5 Å². The third-order valence-electron chi connectivity index (χ3n) is 6.13. The molecule has 2 aromatic carbocycles. The molecule has 0 radical (unpaired) electrons. The molecule has 0 bridgehead atoms. The highest BCUT2D eigenvalue weighted by Crippen LogP contribution is 2.30. The van der Waals surface area contributed by atoms with Crippen molar-refractivity contribution in [1.29, 1.82) is 0 Å². The van der Waals surface area contributed by atoms with E-state index >= 15 is 0 Å². The normalized spacial score (nSPS) is 16.4. The fourth-order valence-corrected chi connectivity index (χ4v) is 5.03. The Balaban J connectivity index is 1.06. The molecule has 4 aromatic rings. The van der Waals surface area contributed by atoms with Crippen LogP contribution in [0.5, 0.6) is 5.75 Å². The summed E-state index contributed by atoms with van der Waals surface area (Å²) in [4.78, 5) is 13.2. The topological polar surface area (TPSA) is 87.8 Å². The lowest BCUT2D eigenvalue weighted by molar-refractivity contribution is -0.137. The maximum absolute atomic E-state index is 12.8. The molecule has 37 heavy (non-hydrogen) atoms. The van der Waals surface area contributed by atoms with Gasteiger partial charge in [0, 0.05) is 44.4 Å². The van der Waals surface area contributed by atoms with Crippen LogP contribution in [0.2, 0.25) is 0 Å². The number of halogens is 3. The number of aliphatic hydroxyl groups excluding tert-OH is 1. The molecule has 0 saturated carbocycles. The van der Waals surface area contributed by atoms with Gasteiger partial charge in [0.25, 0.3) is 5.89 Å². The van der Waals surface area contributed by atoms with Crippen molar-refractivity contribution in [3.63, 3.8) is 0 Å². The Hall–Kier alpha value is -3.06. The highest BCUT2D eigenvalue weighted by Gasteiger charge is 2.30. The first-order valence-electron chi connectivity index (χ1n) is 11.9. The minimum Gasteiger partial charge on any atom is -0.491 e. The van der Waals surface area contributed by atoms with E-state index in [0.29, 0.717) is 30.2 Å². The molecule has 0 aliphatic carbocycles. The van der Waals surface area contributed by atoms with E-state index < -0.39 is 17.8 Å². The predicted octanol–water partition coefficient (Wildman–Crippen LogP) is 4.23. The van der Waals surface area contributed by atoms with E-state index in [9.17, 15) is 18.3 Å². The van der Waals surface area contributed by atoms with Gasteiger partial charge in [-0.25, -0.2) is 4.98 Å². The van der Waals surface area contributed by atoms with Gasteiger partial charge in [0.2, 0.25) is 0 Å². The number of β-amino-alcohol motifs (C(OH)–C–C–N with tert-alkyl or cyclic N) is 1. The van der Waals surface area contributed by atoms with Crippen LogP contribution < -0.4 is 4.74 Å². The number of alkyl halides is 3. The second-order valence-corrected chi connectivity index (χ2v) is 10.2. The van der Waals surface area contributed by atoms with Crippen LogP contribution in [0.15, 0.2) is 47.0 Å². The molecule has 5 rings (SSSR count). The van der Waals surface area contributed by atoms with Gasteiger partial charge in [0.15, 0.2) is 5.82 Å². The molecule has 1 fully saturated rings. The molecule has 1 atom stereocenters. The van der Waals surface area contributed by atoms with E-state index in [4.69, 9.17) is 9.26 Å². The van der Waals surface area contributed by atoms with E-state index in [1.807, 2.05) is 25.1 Å². The molecule has 1 aliphatic rings. The van der Waals surface area contributed by atoms with Gasteiger partial charge in [-0.1, -0.05) is 5.16 Å². The van der Waals surface area contributed by atoms with Crippen LogP contribution in [0.25, 0.3) is 21.7 Å². The van der Waals surface area contributed by atoms with Gasteiger partial charge in [0.05, 0.1) is 27.3 Å². The number of rotatable bonds is 8. The van der Waals surface area contributed by atoms with E-state index in [1.54, 1.807) is 11.3 Å². The minimum atomic E-state index is -4.39. The fraction of sp³-hybridized carbons (Fsp3) is 0.400. The van der Waals surface area contributed by atoms with Crippen LogP contribution in [0.3, 0.4) is 0 Å². The third kappa shape index (κ3) is 6.45. The molecular weight excluding hydrogens is 507 g/mol. The van der Waals surface area contributed by atoms with Crippen molar-refractivity contribution in [2.24, 2.45) is 0 Å². The van der Waals surface area contributed by atoms with Crippen LogP contribution >= 0.6 is 11.3 Å². The number of piperazine rings is 1. The summed E-state index contributed by atoms with van der Waals surface area (Å²) in [5, 5.41) is 15.4. The molecule has 196 valence electrons. The quantitative estimate of drug-likeness (QED) is 0.360. The van der Waals surface area contributed by atoms with Crippen LogP contribution in [0.4, 0.5) is 13.2 Å². The number of thiazole rings is 1. The van der Waals surface area contributed by atoms with Crippen molar-refractivity contribution < 1.29 is 27.5 Å². The number of nitrogens with zero attached hydrogens (tertiary/aromatic N) is 5. The number of aliphatic hydroxyl groups is 1. The number of hydrogen-bond donors (Lipinski definition) is 1. The SMILES string of the molecule is Cc1nc2cc(OCC(O)CN3CCN(Cc4noc(-c5ccc(C(F)(F)F)cc5)n4)CC3)ccc2s1. The van der Waals surface area contributed by atoms with Gasteiger partial charge in [-0.2, -0.15) is 18.2 Å². The number of fused-ring (bicyclic) bond motifs is 1. The summed E-state index contributed by atoms with van der Waals surface area (Å²) in [5.74, 6) is 1.36. The first kappa shape index (κ1) is 25.6. The number of ether oxygens (including phenoxy) is 1. The summed E-state index contributed by atoms with van der Waals surface area (Å²) in [6.07, 6.45) is -5.01. The van der Waals surface area contributed by atoms with Gasteiger partial charge >= 0.3 is 6.18 Å². The molecule has 2 aromatic heterocycles. The zero-order valence-electron chi connectivity index (χ0n) is 20.1. The smallest absolute Gasteiger partial charge is 0.416 e. The number of hydrogen-bond acceptors (Lipinski definition) is 9. The lowest BCUT2D eigenvalue weighted by Gasteiger charge is -2.34. The molecular formula is C25H26F3N5O3S. The average molecular weight is 534 g/mol. The zero-order chi connectivity index (χ0) is 26.0. The summed E-state index contributed by atoms with van der Waals surface area (Å²) in [7, 11) is 0. The maximum Gasteiger partial charge on any atom is 0.416 e. The largest absolute Gasteiger partial charge is 0.491 e. The lowest BCUT2D eigenvalue weighted by atomic mass is 10.1. The monoisotopic (exact) mass is 533 g/mol. The highest BCUT2D eigenvalue weighted by atomic mass is 32.1. The molecule has 1 saturated heterocycles. The van der Waals surface area contributed by atoms with Gasteiger partial charge in [-0.3, -0.25) is 9.80 Å². The Morgan fingerprint density at radius 1 is 1.05 bits per heavy atom. The average Bonchev–Trinajstić information content (AvgIpc) is 3.49. The van der Waals surface area contributed by atoms with Crippen LogP contribution in [-0.2, 0) is 12.7 Å². The number of benzene rings is 2. The zero-order valence-corrected chi connectivity index (χ0v) is 20.9. The molecule has 0 amide bonds. The van der Waals surface area contributed by atoms with E-state index in [2.05, 4.69) is 24.9 Å². The molecule has 8 nitrogen and oxygen atoms in total. The second-order valence-electron chi connectivity index (χ2n) is 8.99. The molecule has 1 unspecified atom stereocenters. The van der Waals surface area contributed by atoms with Gasteiger partial charge in [0.1, 0.15) is 18.5 Å². The van der Waals surface area contributed by atoms with E-state index in [0.717, 1.165) is 53.5 Å². The van der Waals surface area contributed by atoms with E-state index in [1.165, 1.54) is 12.1 Å². The Kier molecular flexibility index (Phi) is 7.43. The summed E-state index contributed by atoms with van der Waals surface area (Å²) < 4.78 is 50.4. The summed E-state index contributed by atoms with van der Waals surface area (Å²) in [6, 6.07) is 10.4. The molecule has 1 aliphatic heterocycles. The Bertz CT molecular complexity index is 1330. The molecule has 3 heterocycles. The first-order valence-corrected chi connectivity index (χ1v) is 12.7.